The maximum Gasteiger partial charge on any atom is 0.499 e. The van der Waals surface area contributed by atoms with E-state index in [1.54, 1.807) is 6.92 Å². The van der Waals surface area contributed by atoms with Gasteiger partial charge in [0.1, 0.15) is 16.8 Å². The van der Waals surface area contributed by atoms with E-state index in [4.69, 9.17) is 7.48 Å². The first kappa shape index (κ1) is 40.7. The predicted octanol–water partition coefficient (Wildman–Crippen LogP) is 16.2. The quantitative estimate of drug-likeness (QED) is 0.161. The summed E-state index contributed by atoms with van der Waals surface area (Å²) in [7, 11) is 0. The molecule has 0 bridgehead atoms. The van der Waals surface area contributed by atoms with Crippen molar-refractivity contribution < 1.29 is 19.4 Å². The van der Waals surface area contributed by atoms with E-state index in [9.17, 15) is 2.74 Å². The van der Waals surface area contributed by atoms with Crippen LogP contribution in [-0.4, -0.2) is 4.57 Å². The van der Waals surface area contributed by atoms with E-state index in [2.05, 4.69) is 225 Å². The van der Waals surface area contributed by atoms with Crippen LogP contribution in [0.4, 0.5) is 0 Å². The molecule has 0 saturated carbocycles. The van der Waals surface area contributed by atoms with Crippen molar-refractivity contribution in [3.05, 3.63) is 191 Å². The minimum absolute atomic E-state index is 0.0149. The molecule has 7 aromatic carbocycles. The summed E-state index contributed by atoms with van der Waals surface area (Å²) in [5.41, 5.74) is 20.3. The maximum absolute atomic E-state index is 9.24. The van der Waals surface area contributed by atoms with Crippen LogP contribution < -0.4 is 13.9 Å². The second-order valence-corrected chi connectivity index (χ2v) is 24.5. The van der Waals surface area contributed by atoms with Gasteiger partial charge in [-0.2, -0.15) is 4.57 Å². The van der Waals surface area contributed by atoms with Crippen LogP contribution in [0.5, 0.6) is 5.75 Å². The molecule has 4 nitrogen and oxygen atoms in total. The molecule has 9 aromatic rings. The van der Waals surface area contributed by atoms with Gasteiger partial charge in [0, 0.05) is 34.4 Å². The number of hydrogen-bond donors (Lipinski definition) is 0. The number of para-hydroxylation sites is 1. The van der Waals surface area contributed by atoms with Gasteiger partial charge in [-0.05, 0) is 128 Å². The van der Waals surface area contributed by atoms with Crippen LogP contribution in [0.1, 0.15) is 128 Å². The second kappa shape index (κ2) is 15.0. The number of rotatable bonds is 4. The molecule has 0 saturated heterocycles. The van der Waals surface area contributed by atoms with Crippen molar-refractivity contribution in [1.82, 2.24) is 4.57 Å². The molecule has 71 heavy (non-hydrogen) atoms. The highest BCUT2D eigenvalue weighted by Gasteiger charge is 2.69. The molecule has 3 aliphatic rings. The number of aryl methyl sites for hydroxylation is 1. The Labute approximate surface area is 426 Å². The number of ether oxygens (including phenoxy) is 1. The fourth-order valence-corrected chi connectivity index (χ4v) is 11.5. The third-order valence-corrected chi connectivity index (χ3v) is 15.4. The Morgan fingerprint density at radius 1 is 0.507 bits per heavy atom. The van der Waals surface area contributed by atoms with Crippen LogP contribution in [-0.2, 0) is 27.5 Å². The van der Waals surface area contributed by atoms with E-state index in [1.165, 1.54) is 22.3 Å². The lowest BCUT2D eigenvalue weighted by atomic mass is 9.78. The van der Waals surface area contributed by atoms with Crippen LogP contribution in [0.2, 0.25) is 0 Å². The van der Waals surface area contributed by atoms with Crippen molar-refractivity contribution in [2.24, 2.45) is 0 Å². The van der Waals surface area contributed by atoms with E-state index in [1.807, 2.05) is 6.07 Å². The Bertz CT molecular complexity index is 3920. The zero-order valence-electron chi connectivity index (χ0n) is 47.9. The molecule has 354 valence electrons. The zero-order valence-corrected chi connectivity index (χ0v) is 43.9. The molecule has 2 aromatic heterocycles. The number of hydrogen-bond acceptors (Lipinski definition) is 1. The van der Waals surface area contributed by atoms with Crippen LogP contribution in [0.15, 0.2) is 152 Å². The summed E-state index contributed by atoms with van der Waals surface area (Å²) in [5.74, 6) is 0.542. The highest BCUT2D eigenvalue weighted by atomic mass is 16.5. The van der Waals surface area contributed by atoms with Gasteiger partial charge in [0.25, 0.3) is 0 Å². The first-order chi connectivity index (χ1) is 35.2. The van der Waals surface area contributed by atoms with Gasteiger partial charge >= 0.3 is 11.7 Å². The van der Waals surface area contributed by atoms with Gasteiger partial charge < -0.3 is 4.74 Å². The number of fused-ring (bicyclic) bond motifs is 5. The molecular formula is C67H67N3O+2. The molecule has 4 heteroatoms. The van der Waals surface area contributed by atoms with E-state index in [0.29, 0.717) is 11.1 Å². The Kier molecular flexibility index (Phi) is 8.59. The monoisotopic (exact) mass is 934 g/mol. The molecule has 0 N–H and O–H groups in total. The van der Waals surface area contributed by atoms with Crippen molar-refractivity contribution in [2.75, 3.05) is 0 Å². The summed E-state index contributed by atoms with van der Waals surface area (Å²) in [6, 6.07) is 44.9. The van der Waals surface area contributed by atoms with Crippen molar-refractivity contribution in [3.63, 3.8) is 0 Å². The van der Waals surface area contributed by atoms with Gasteiger partial charge in [-0.25, -0.2) is 0 Å². The van der Waals surface area contributed by atoms with Crippen LogP contribution in [0.25, 0.3) is 83.9 Å². The van der Waals surface area contributed by atoms with Gasteiger partial charge in [0.15, 0.2) is 23.0 Å². The fraction of sp³-hybridized carbons (Fsp3) is 0.284. The third kappa shape index (κ3) is 6.69. The maximum atomic E-state index is 9.24. The SMILES string of the molecule is [2H]c1c([2H])c(-c2cc[n+]3c(c2)-c2cc(C(C)(C)C)cc4c2C32Oc3c(cc(C(C)(C)C)cc3C(C)(C)C)-c3n(-c5cc(-c6ccccc6)c(C)cc5-c5ccc(C(C)(C)C)cc5)c5cccc-4c5[n+]32)c([2H])c([2H])c1C. The van der Waals surface area contributed by atoms with Crippen molar-refractivity contribution in [1.29, 1.82) is 0 Å². The number of pyridine rings is 1. The average Bonchev–Trinajstić information content (AvgIpc) is 4.03. The van der Waals surface area contributed by atoms with E-state index < -0.39 is 5.85 Å². The lowest BCUT2D eigenvalue weighted by molar-refractivity contribution is -0.997. The Hall–Kier alpha value is -7.04. The Morgan fingerprint density at radius 2 is 1.14 bits per heavy atom. The lowest BCUT2D eigenvalue weighted by Crippen LogP contribution is -2.78. The minimum atomic E-state index is -1.29. The highest BCUT2D eigenvalue weighted by molar-refractivity contribution is 5.99. The van der Waals surface area contributed by atoms with E-state index in [-0.39, 0.29) is 51.4 Å². The van der Waals surface area contributed by atoms with Gasteiger partial charge in [0.2, 0.25) is 5.69 Å². The molecule has 1 spiro atoms. The van der Waals surface area contributed by atoms with Crippen molar-refractivity contribution >= 4 is 11.0 Å². The molecule has 0 radical (unpaired) electrons. The van der Waals surface area contributed by atoms with E-state index >= 15 is 0 Å². The summed E-state index contributed by atoms with van der Waals surface area (Å²) in [4.78, 5) is 0. The standard InChI is InChI=1S/C67H67N3O/c1-40-23-25-42(26-24-40)45-31-32-68-57(34-45)53-36-47(64(6,7)8)35-52-49-21-18-22-56-60(49)70-62(54-37-48(65(9,10)11)38-55(66(12,13)14)61(54)71-67(68,70)59(52)53)69(56)58-39-50(43-19-16-15-17-20-43)41(2)33-51(58)44-27-29-46(30-28-44)63(3,4)5/h15-39H,1-14H3/q+2/i23D,24D,25D,26D. The first-order valence-electron chi connectivity index (χ1n) is 27.3. The molecule has 0 fully saturated rings. The van der Waals surface area contributed by atoms with Gasteiger partial charge in [-0.1, -0.05) is 180 Å². The van der Waals surface area contributed by atoms with Gasteiger partial charge in [-0.3, -0.25) is 0 Å². The average molecular weight is 934 g/mol. The van der Waals surface area contributed by atoms with Crippen LogP contribution >= 0.6 is 0 Å². The smallest absolute Gasteiger partial charge is 0.392 e. The number of aromatic nitrogens is 3. The molecule has 0 aliphatic carbocycles. The van der Waals surface area contributed by atoms with Crippen molar-refractivity contribution in [2.45, 2.75) is 124 Å². The minimum Gasteiger partial charge on any atom is -0.392 e. The summed E-state index contributed by atoms with van der Waals surface area (Å²) in [6.07, 6.45) is 2.07. The normalized spacial score (nSPS) is 16.4. The molecule has 5 heterocycles. The van der Waals surface area contributed by atoms with Crippen molar-refractivity contribution in [3.8, 4) is 78.6 Å². The summed E-state index contributed by atoms with van der Waals surface area (Å²) >= 11 is 0. The topological polar surface area (TPSA) is 21.9 Å². The predicted molar refractivity (Wildman–Crippen MR) is 294 cm³/mol. The van der Waals surface area contributed by atoms with Gasteiger partial charge in [0.05, 0.1) is 11.0 Å². The number of nitrogens with zero attached hydrogens (tertiary/aromatic N) is 3. The Morgan fingerprint density at radius 3 is 1.80 bits per heavy atom. The first-order valence-corrected chi connectivity index (χ1v) is 25.3. The summed E-state index contributed by atoms with van der Waals surface area (Å²) in [6.45, 7) is 31.2. The third-order valence-electron chi connectivity index (χ3n) is 15.4. The largest absolute Gasteiger partial charge is 0.499 e. The molecule has 1 unspecified atom stereocenters. The highest BCUT2D eigenvalue weighted by Crippen LogP contribution is 2.57. The van der Waals surface area contributed by atoms with E-state index in [0.717, 1.165) is 89.6 Å². The molecule has 3 aliphatic heterocycles. The second-order valence-electron chi connectivity index (χ2n) is 24.5. The lowest BCUT2D eigenvalue weighted by Gasteiger charge is -2.36. The molecule has 12 rings (SSSR count). The van der Waals surface area contributed by atoms with Crippen LogP contribution in [0, 0.1) is 13.8 Å². The number of benzene rings is 7. The molecular weight excluding hydrogens is 863 g/mol. The Balaban J connectivity index is 1.30. The van der Waals surface area contributed by atoms with Crippen LogP contribution in [0.3, 0.4) is 0 Å². The molecule has 0 amide bonds. The fourth-order valence-electron chi connectivity index (χ4n) is 11.5. The zero-order chi connectivity index (χ0) is 53.4. The molecule has 1 atom stereocenters. The summed E-state index contributed by atoms with van der Waals surface area (Å²) < 4.78 is 51.8. The van der Waals surface area contributed by atoms with Gasteiger partial charge in [-0.15, -0.1) is 9.13 Å². The number of imidazole rings is 1. The summed E-state index contributed by atoms with van der Waals surface area (Å²) in [5, 5.41) is 0.